The first-order valence-electron chi connectivity index (χ1n) is 6.35. The lowest BCUT2D eigenvalue weighted by Gasteiger charge is -2.26. The van der Waals surface area contributed by atoms with Crippen molar-refractivity contribution in [1.82, 2.24) is 0 Å². The molecule has 0 fully saturated rings. The molecule has 2 aromatic rings. The van der Waals surface area contributed by atoms with Crippen LogP contribution < -0.4 is 4.74 Å². The molecule has 20 heavy (non-hydrogen) atoms. The number of para-hydroxylation sites is 1. The second kappa shape index (κ2) is 5.13. The van der Waals surface area contributed by atoms with Crippen molar-refractivity contribution in [3.8, 4) is 5.75 Å². The summed E-state index contributed by atoms with van der Waals surface area (Å²) < 4.78 is 6.05. The lowest BCUT2D eigenvalue weighted by molar-refractivity contribution is 0.112. The summed E-state index contributed by atoms with van der Waals surface area (Å²) in [6.07, 6.45) is 6.30. The summed E-state index contributed by atoms with van der Waals surface area (Å²) in [6, 6.07) is 16.8. The van der Waals surface area contributed by atoms with Gasteiger partial charge in [0.25, 0.3) is 0 Å². The number of hydrogen-bond acceptors (Lipinski definition) is 3. The quantitative estimate of drug-likeness (QED) is 0.793. The Bertz CT molecular complexity index is 645. The molecule has 2 aromatic carbocycles. The van der Waals surface area contributed by atoms with Gasteiger partial charge in [0.05, 0.1) is 0 Å². The Morgan fingerprint density at radius 1 is 1.00 bits per heavy atom. The first-order chi connectivity index (χ1) is 9.82. The maximum atomic E-state index is 10.7. The van der Waals surface area contributed by atoms with Gasteiger partial charge in [0.15, 0.2) is 0 Å². The molecule has 0 bridgehead atoms. The molecule has 0 aromatic heterocycles. The average Bonchev–Trinajstić information content (AvgIpc) is 2.98. The predicted molar refractivity (Wildman–Crippen MR) is 78.2 cm³/mol. The van der Waals surface area contributed by atoms with Crippen molar-refractivity contribution in [3.05, 3.63) is 77.9 Å². The Labute approximate surface area is 117 Å². The van der Waals surface area contributed by atoms with Gasteiger partial charge < -0.3 is 4.74 Å². The monoisotopic (exact) mass is 263 g/mol. The van der Waals surface area contributed by atoms with E-state index in [0.29, 0.717) is 5.56 Å². The topological polar surface area (TPSA) is 38.7 Å². The van der Waals surface area contributed by atoms with Crippen LogP contribution in [0.15, 0.2) is 71.7 Å². The standard InChI is InChI=1S/C17H13NO2/c19-13-14-7-9-15(10-8-14)17(11-4-12-18-17)20-16-5-2-1-3-6-16/h1-13H. The molecule has 1 heterocycles. The highest BCUT2D eigenvalue weighted by Gasteiger charge is 2.32. The minimum Gasteiger partial charge on any atom is -0.458 e. The van der Waals surface area contributed by atoms with Gasteiger partial charge in [-0.15, -0.1) is 0 Å². The third-order valence-electron chi connectivity index (χ3n) is 3.15. The van der Waals surface area contributed by atoms with E-state index in [2.05, 4.69) is 4.99 Å². The van der Waals surface area contributed by atoms with Crippen molar-refractivity contribution in [1.29, 1.82) is 0 Å². The Hall–Kier alpha value is -2.68. The van der Waals surface area contributed by atoms with Gasteiger partial charge in [0.1, 0.15) is 12.0 Å². The van der Waals surface area contributed by atoms with Crippen molar-refractivity contribution >= 4 is 12.5 Å². The Morgan fingerprint density at radius 3 is 2.35 bits per heavy atom. The number of allylic oxidation sites excluding steroid dienone is 1. The normalized spacial score (nSPS) is 20.0. The van der Waals surface area contributed by atoms with E-state index in [0.717, 1.165) is 17.6 Å². The largest absolute Gasteiger partial charge is 0.458 e. The maximum Gasteiger partial charge on any atom is 0.246 e. The number of aldehydes is 1. The van der Waals surface area contributed by atoms with Crippen LogP contribution in [0.3, 0.4) is 0 Å². The molecule has 3 heteroatoms. The Balaban J connectivity index is 1.97. The first-order valence-corrected chi connectivity index (χ1v) is 6.35. The zero-order valence-corrected chi connectivity index (χ0v) is 10.8. The van der Waals surface area contributed by atoms with E-state index in [1.54, 1.807) is 18.3 Å². The zero-order chi connectivity index (χ0) is 13.8. The number of aliphatic imine (C=N–C) groups is 1. The molecule has 0 spiro atoms. The van der Waals surface area contributed by atoms with E-state index >= 15 is 0 Å². The fourth-order valence-electron chi connectivity index (χ4n) is 2.13. The molecule has 0 N–H and O–H groups in total. The SMILES string of the molecule is O=Cc1ccc(C2(Oc3ccccc3)C=CC=N2)cc1. The number of benzene rings is 2. The molecule has 1 atom stereocenters. The van der Waals surface area contributed by atoms with Gasteiger partial charge in [0.2, 0.25) is 5.72 Å². The van der Waals surface area contributed by atoms with Crippen LogP contribution in [0.1, 0.15) is 15.9 Å². The van der Waals surface area contributed by atoms with Crippen LogP contribution in [-0.4, -0.2) is 12.5 Å². The second-order valence-electron chi connectivity index (χ2n) is 4.49. The van der Waals surface area contributed by atoms with Crippen LogP contribution in [0.25, 0.3) is 0 Å². The maximum absolute atomic E-state index is 10.7. The second-order valence-corrected chi connectivity index (χ2v) is 4.49. The average molecular weight is 263 g/mol. The highest BCUT2D eigenvalue weighted by Crippen LogP contribution is 2.33. The molecule has 1 aliphatic heterocycles. The summed E-state index contributed by atoms with van der Waals surface area (Å²) in [7, 11) is 0. The summed E-state index contributed by atoms with van der Waals surface area (Å²) in [5.41, 5.74) is 0.675. The van der Waals surface area contributed by atoms with Crippen molar-refractivity contribution < 1.29 is 9.53 Å². The first kappa shape index (κ1) is 12.4. The molecule has 0 amide bonds. The molecule has 0 aliphatic carbocycles. The van der Waals surface area contributed by atoms with Gasteiger partial charge in [-0.3, -0.25) is 4.79 Å². The third kappa shape index (κ3) is 2.26. The van der Waals surface area contributed by atoms with Gasteiger partial charge in [-0.2, -0.15) is 0 Å². The highest BCUT2D eigenvalue weighted by atomic mass is 16.5. The van der Waals surface area contributed by atoms with Crippen LogP contribution >= 0.6 is 0 Å². The third-order valence-corrected chi connectivity index (χ3v) is 3.15. The molecule has 3 rings (SSSR count). The number of carbonyl (C=O) groups is 1. The summed E-state index contributed by atoms with van der Waals surface area (Å²) >= 11 is 0. The van der Waals surface area contributed by atoms with E-state index in [1.165, 1.54) is 0 Å². The molecule has 98 valence electrons. The van der Waals surface area contributed by atoms with E-state index in [9.17, 15) is 4.79 Å². The van der Waals surface area contributed by atoms with Gasteiger partial charge in [0, 0.05) is 17.3 Å². The molecule has 0 saturated carbocycles. The van der Waals surface area contributed by atoms with Gasteiger partial charge >= 0.3 is 0 Å². The minimum absolute atomic E-state index is 0.634. The van der Waals surface area contributed by atoms with Crippen LogP contribution in [-0.2, 0) is 5.72 Å². The lowest BCUT2D eigenvalue weighted by Crippen LogP contribution is -2.27. The molecule has 1 unspecified atom stereocenters. The Kier molecular flexibility index (Phi) is 3.17. The Morgan fingerprint density at radius 2 is 1.75 bits per heavy atom. The zero-order valence-electron chi connectivity index (χ0n) is 10.8. The fourth-order valence-corrected chi connectivity index (χ4v) is 2.13. The number of rotatable bonds is 4. The van der Waals surface area contributed by atoms with Crippen molar-refractivity contribution in [2.45, 2.75) is 5.72 Å². The summed E-state index contributed by atoms with van der Waals surface area (Å²) in [5, 5.41) is 0. The number of ether oxygens (including phenoxy) is 1. The number of hydrogen-bond donors (Lipinski definition) is 0. The van der Waals surface area contributed by atoms with Crippen LogP contribution in [0.4, 0.5) is 0 Å². The molecule has 0 radical (unpaired) electrons. The summed E-state index contributed by atoms with van der Waals surface area (Å²) in [6.45, 7) is 0. The van der Waals surface area contributed by atoms with E-state index in [1.807, 2.05) is 54.6 Å². The molecular weight excluding hydrogens is 250 g/mol. The van der Waals surface area contributed by atoms with E-state index in [4.69, 9.17) is 4.74 Å². The molecule has 3 nitrogen and oxygen atoms in total. The minimum atomic E-state index is -0.844. The summed E-state index contributed by atoms with van der Waals surface area (Å²) in [5.74, 6) is 0.746. The van der Waals surface area contributed by atoms with Crippen LogP contribution in [0.5, 0.6) is 5.75 Å². The van der Waals surface area contributed by atoms with E-state index < -0.39 is 5.72 Å². The van der Waals surface area contributed by atoms with Gasteiger partial charge in [-0.1, -0.05) is 42.5 Å². The van der Waals surface area contributed by atoms with Crippen LogP contribution in [0.2, 0.25) is 0 Å². The fraction of sp³-hybridized carbons (Fsp3) is 0.0588. The molecule has 0 saturated heterocycles. The lowest BCUT2D eigenvalue weighted by atomic mass is 10.0. The van der Waals surface area contributed by atoms with E-state index in [-0.39, 0.29) is 0 Å². The van der Waals surface area contributed by atoms with Crippen LogP contribution in [0, 0.1) is 0 Å². The summed E-state index contributed by atoms with van der Waals surface area (Å²) in [4.78, 5) is 15.2. The highest BCUT2D eigenvalue weighted by molar-refractivity contribution is 5.76. The molecular formula is C17H13NO2. The van der Waals surface area contributed by atoms with Crippen molar-refractivity contribution in [3.63, 3.8) is 0 Å². The van der Waals surface area contributed by atoms with Gasteiger partial charge in [-0.25, -0.2) is 4.99 Å². The van der Waals surface area contributed by atoms with Gasteiger partial charge in [-0.05, 0) is 24.3 Å². The van der Waals surface area contributed by atoms with Crippen molar-refractivity contribution in [2.75, 3.05) is 0 Å². The number of nitrogens with zero attached hydrogens (tertiary/aromatic N) is 1. The number of carbonyl (C=O) groups excluding carboxylic acids is 1. The predicted octanol–water partition coefficient (Wildman–Crippen LogP) is 3.37. The van der Waals surface area contributed by atoms with Crippen molar-refractivity contribution in [2.24, 2.45) is 4.99 Å². The molecule has 1 aliphatic rings. The smallest absolute Gasteiger partial charge is 0.246 e.